The van der Waals surface area contributed by atoms with E-state index in [9.17, 15) is 4.79 Å². The number of aromatic amines is 1. The molecule has 6 heteroatoms. The minimum Gasteiger partial charge on any atom is -0.404 e. The van der Waals surface area contributed by atoms with Crippen LogP contribution >= 0.6 is 0 Å². The standard InChI is InChI=1S/C14H17N5O/c1-8(17-2)12(6-15)9-3-4-10-11(5-9)13(7-16)18-19-14(10)20/h3-6H,7,15-16H2,1-2H3,(H,19,20)/b12-6+,17-8?. The van der Waals surface area contributed by atoms with Crippen LogP contribution in [-0.4, -0.2) is 23.0 Å². The molecule has 0 amide bonds. The maximum absolute atomic E-state index is 11.8. The highest BCUT2D eigenvalue weighted by atomic mass is 16.1. The number of hydrogen-bond donors (Lipinski definition) is 3. The molecule has 6 nitrogen and oxygen atoms in total. The maximum atomic E-state index is 11.8. The van der Waals surface area contributed by atoms with Gasteiger partial charge >= 0.3 is 0 Å². The Labute approximate surface area is 116 Å². The summed E-state index contributed by atoms with van der Waals surface area (Å²) in [5.74, 6) is 0. The summed E-state index contributed by atoms with van der Waals surface area (Å²) < 4.78 is 0. The van der Waals surface area contributed by atoms with Crippen LogP contribution < -0.4 is 17.0 Å². The maximum Gasteiger partial charge on any atom is 0.272 e. The predicted molar refractivity (Wildman–Crippen MR) is 81.5 cm³/mol. The van der Waals surface area contributed by atoms with Crippen LogP contribution in [0, 0.1) is 0 Å². The molecule has 0 fully saturated rings. The van der Waals surface area contributed by atoms with E-state index in [4.69, 9.17) is 11.5 Å². The predicted octanol–water partition coefficient (Wildman–Crippen LogP) is 0.772. The molecule has 2 rings (SSSR count). The number of hydrogen-bond acceptors (Lipinski definition) is 5. The van der Waals surface area contributed by atoms with Gasteiger partial charge in [0.2, 0.25) is 0 Å². The molecule has 0 unspecified atom stereocenters. The van der Waals surface area contributed by atoms with Gasteiger partial charge in [-0.3, -0.25) is 9.79 Å². The van der Waals surface area contributed by atoms with Crippen molar-refractivity contribution >= 4 is 22.1 Å². The number of nitrogens with one attached hydrogen (secondary N) is 1. The van der Waals surface area contributed by atoms with Gasteiger partial charge in [-0.05, 0) is 24.6 Å². The Morgan fingerprint density at radius 3 is 2.80 bits per heavy atom. The van der Waals surface area contributed by atoms with Crippen LogP contribution in [0.2, 0.25) is 0 Å². The van der Waals surface area contributed by atoms with E-state index in [1.807, 2.05) is 19.1 Å². The molecule has 20 heavy (non-hydrogen) atoms. The van der Waals surface area contributed by atoms with E-state index in [-0.39, 0.29) is 12.1 Å². The summed E-state index contributed by atoms with van der Waals surface area (Å²) in [6, 6.07) is 5.45. The average molecular weight is 271 g/mol. The summed E-state index contributed by atoms with van der Waals surface area (Å²) in [5.41, 5.74) is 14.3. The van der Waals surface area contributed by atoms with Crippen molar-refractivity contribution in [3.63, 3.8) is 0 Å². The number of aliphatic imine (C=N–C) groups is 1. The molecule has 1 aromatic carbocycles. The number of benzene rings is 1. The van der Waals surface area contributed by atoms with Crippen LogP contribution in [-0.2, 0) is 6.54 Å². The second-order valence-electron chi connectivity index (χ2n) is 4.35. The molecule has 104 valence electrons. The molecule has 0 aliphatic heterocycles. The summed E-state index contributed by atoms with van der Waals surface area (Å²) >= 11 is 0. The first kappa shape index (κ1) is 14.0. The SMILES string of the molecule is CN=C(C)/C(=C\N)c1ccc2c(=O)[nH]nc(CN)c2c1. The summed E-state index contributed by atoms with van der Waals surface area (Å²) in [7, 11) is 1.71. The van der Waals surface area contributed by atoms with E-state index in [1.54, 1.807) is 13.1 Å². The number of nitrogens with zero attached hydrogens (tertiary/aromatic N) is 2. The Bertz CT molecular complexity index is 758. The molecular formula is C14H17N5O. The highest BCUT2D eigenvalue weighted by molar-refractivity contribution is 6.23. The lowest BCUT2D eigenvalue weighted by molar-refractivity contribution is 0.900. The minimum absolute atomic E-state index is 0.233. The van der Waals surface area contributed by atoms with Crippen LogP contribution in [0.4, 0.5) is 0 Å². The van der Waals surface area contributed by atoms with E-state index >= 15 is 0 Å². The summed E-state index contributed by atoms with van der Waals surface area (Å²) in [6.45, 7) is 2.13. The fourth-order valence-electron chi connectivity index (χ4n) is 2.09. The fourth-order valence-corrected chi connectivity index (χ4v) is 2.09. The van der Waals surface area contributed by atoms with Gasteiger partial charge in [0, 0.05) is 36.5 Å². The van der Waals surface area contributed by atoms with Gasteiger partial charge in [0.1, 0.15) is 0 Å². The van der Waals surface area contributed by atoms with Gasteiger partial charge in [-0.15, -0.1) is 0 Å². The summed E-state index contributed by atoms with van der Waals surface area (Å²) in [5, 5.41) is 7.71. The third-order valence-electron chi connectivity index (χ3n) is 3.26. The van der Waals surface area contributed by atoms with Gasteiger partial charge in [0.05, 0.1) is 11.1 Å². The molecule has 0 saturated carbocycles. The monoisotopic (exact) mass is 271 g/mol. The van der Waals surface area contributed by atoms with E-state index in [0.29, 0.717) is 11.1 Å². The zero-order chi connectivity index (χ0) is 14.7. The highest BCUT2D eigenvalue weighted by Crippen LogP contribution is 2.21. The third-order valence-corrected chi connectivity index (χ3v) is 3.26. The first-order chi connectivity index (χ1) is 9.62. The van der Waals surface area contributed by atoms with Crippen LogP contribution in [0.1, 0.15) is 18.2 Å². The number of fused-ring (bicyclic) bond motifs is 1. The van der Waals surface area contributed by atoms with Gasteiger partial charge in [-0.1, -0.05) is 6.07 Å². The van der Waals surface area contributed by atoms with E-state index in [2.05, 4.69) is 15.2 Å². The van der Waals surface area contributed by atoms with Gasteiger partial charge in [0.15, 0.2) is 0 Å². The fraction of sp³-hybridized carbons (Fsp3) is 0.214. The number of allylic oxidation sites excluding steroid dienone is 1. The average Bonchev–Trinajstić information content (AvgIpc) is 2.48. The first-order valence-corrected chi connectivity index (χ1v) is 6.19. The van der Waals surface area contributed by atoms with E-state index in [0.717, 1.165) is 22.2 Å². The molecule has 5 N–H and O–H groups in total. The summed E-state index contributed by atoms with van der Waals surface area (Å²) in [4.78, 5) is 15.9. The van der Waals surface area contributed by atoms with Crippen LogP contribution in [0.15, 0.2) is 34.2 Å². The molecule has 0 aliphatic carbocycles. The summed E-state index contributed by atoms with van der Waals surface area (Å²) in [6.07, 6.45) is 1.51. The van der Waals surface area contributed by atoms with Crippen molar-refractivity contribution in [3.05, 3.63) is 46.0 Å². The molecule has 0 aliphatic rings. The molecule has 0 atom stereocenters. The highest BCUT2D eigenvalue weighted by Gasteiger charge is 2.10. The van der Waals surface area contributed by atoms with Crippen molar-refractivity contribution in [2.24, 2.45) is 16.5 Å². The van der Waals surface area contributed by atoms with Crippen LogP contribution in [0.5, 0.6) is 0 Å². The van der Waals surface area contributed by atoms with Crippen molar-refractivity contribution < 1.29 is 0 Å². The lowest BCUT2D eigenvalue weighted by Gasteiger charge is -2.09. The topological polar surface area (TPSA) is 110 Å². The molecule has 0 radical (unpaired) electrons. The molecule has 0 saturated heterocycles. The number of rotatable bonds is 3. The van der Waals surface area contributed by atoms with Crippen LogP contribution in [0.3, 0.4) is 0 Å². The molecule has 0 spiro atoms. The quantitative estimate of drug-likeness (QED) is 0.716. The minimum atomic E-state index is -0.233. The number of aromatic nitrogens is 2. The van der Waals surface area contributed by atoms with Crippen molar-refractivity contribution in [1.29, 1.82) is 0 Å². The van der Waals surface area contributed by atoms with Crippen molar-refractivity contribution in [2.75, 3.05) is 7.05 Å². The van der Waals surface area contributed by atoms with Crippen molar-refractivity contribution in [1.82, 2.24) is 10.2 Å². The largest absolute Gasteiger partial charge is 0.404 e. The van der Waals surface area contributed by atoms with Gasteiger partial charge in [0.25, 0.3) is 5.56 Å². The normalized spacial score (nSPS) is 12.9. The van der Waals surface area contributed by atoms with E-state index in [1.165, 1.54) is 6.20 Å². The Morgan fingerprint density at radius 1 is 1.45 bits per heavy atom. The second-order valence-corrected chi connectivity index (χ2v) is 4.35. The van der Waals surface area contributed by atoms with Crippen molar-refractivity contribution in [2.45, 2.75) is 13.5 Å². The van der Waals surface area contributed by atoms with Gasteiger partial charge in [-0.2, -0.15) is 5.10 Å². The Balaban J connectivity index is 2.73. The Hall–Kier alpha value is -2.47. The smallest absolute Gasteiger partial charge is 0.272 e. The molecule has 0 bridgehead atoms. The second kappa shape index (κ2) is 5.66. The molecule has 2 aromatic rings. The van der Waals surface area contributed by atoms with E-state index < -0.39 is 0 Å². The van der Waals surface area contributed by atoms with Crippen molar-refractivity contribution in [3.8, 4) is 0 Å². The zero-order valence-electron chi connectivity index (χ0n) is 11.5. The molecule has 1 aromatic heterocycles. The first-order valence-electron chi connectivity index (χ1n) is 6.19. The lowest BCUT2D eigenvalue weighted by atomic mass is 9.99. The zero-order valence-corrected chi connectivity index (χ0v) is 11.5. The molecule has 1 heterocycles. The third kappa shape index (κ3) is 2.33. The van der Waals surface area contributed by atoms with Gasteiger partial charge < -0.3 is 11.5 Å². The Morgan fingerprint density at radius 2 is 2.20 bits per heavy atom. The lowest BCUT2D eigenvalue weighted by Crippen LogP contribution is -2.13. The molecular weight excluding hydrogens is 254 g/mol. The number of H-pyrrole nitrogens is 1. The van der Waals surface area contributed by atoms with Crippen LogP contribution in [0.25, 0.3) is 16.3 Å². The number of nitrogens with two attached hydrogens (primary N) is 2. The van der Waals surface area contributed by atoms with Gasteiger partial charge in [-0.25, -0.2) is 5.10 Å². The Kier molecular flexibility index (Phi) is 3.95.